The quantitative estimate of drug-likeness (QED) is 0.778. The molecular formula is C12H18N4O. The maximum Gasteiger partial charge on any atom is 0.242 e. The molecule has 2 heterocycles. The first-order valence-electron chi connectivity index (χ1n) is 5.85. The molecule has 5 heteroatoms. The van der Waals surface area contributed by atoms with Crippen LogP contribution >= 0.6 is 0 Å². The van der Waals surface area contributed by atoms with Crippen molar-refractivity contribution in [3.05, 3.63) is 23.9 Å². The topological polar surface area (TPSA) is 71.2 Å². The van der Waals surface area contributed by atoms with Crippen molar-refractivity contribution in [2.24, 2.45) is 5.73 Å². The van der Waals surface area contributed by atoms with E-state index < -0.39 is 0 Å². The van der Waals surface area contributed by atoms with Gasteiger partial charge in [0.15, 0.2) is 0 Å². The van der Waals surface area contributed by atoms with E-state index in [0.717, 1.165) is 17.9 Å². The summed E-state index contributed by atoms with van der Waals surface area (Å²) in [5.74, 6) is 0.867. The van der Waals surface area contributed by atoms with Crippen LogP contribution in [0.15, 0.2) is 18.3 Å². The molecule has 5 nitrogen and oxygen atoms in total. The Labute approximate surface area is 101 Å². The third kappa shape index (κ3) is 2.39. The number of nitrogens with two attached hydrogens (primary N) is 1. The number of carbonyl (C=O) groups is 1. The minimum Gasteiger partial charge on any atom is -0.353 e. The number of hydrogen-bond donors (Lipinski definition) is 2. The van der Waals surface area contributed by atoms with Crippen LogP contribution in [0, 0.1) is 0 Å². The second-order valence-electron chi connectivity index (χ2n) is 4.40. The number of anilines is 1. The Morgan fingerprint density at radius 2 is 2.41 bits per heavy atom. The fourth-order valence-electron chi connectivity index (χ4n) is 1.97. The highest BCUT2D eigenvalue weighted by Gasteiger charge is 2.26. The lowest BCUT2D eigenvalue weighted by Gasteiger charge is -2.34. The van der Waals surface area contributed by atoms with Gasteiger partial charge in [-0.25, -0.2) is 4.98 Å². The summed E-state index contributed by atoms with van der Waals surface area (Å²) in [6.07, 6.45) is 1.74. The number of pyridine rings is 1. The minimum absolute atomic E-state index is 0.0225. The molecule has 0 aromatic carbocycles. The Bertz CT molecular complexity index is 419. The van der Waals surface area contributed by atoms with Gasteiger partial charge in [-0.15, -0.1) is 0 Å². The van der Waals surface area contributed by atoms with Crippen molar-refractivity contribution in [3.63, 3.8) is 0 Å². The van der Waals surface area contributed by atoms with E-state index in [4.69, 9.17) is 5.73 Å². The van der Waals surface area contributed by atoms with Gasteiger partial charge < -0.3 is 16.0 Å². The van der Waals surface area contributed by atoms with Gasteiger partial charge in [0.25, 0.3) is 0 Å². The van der Waals surface area contributed by atoms with Crippen LogP contribution in [0.4, 0.5) is 5.82 Å². The molecule has 92 valence electrons. The van der Waals surface area contributed by atoms with E-state index in [1.54, 1.807) is 6.20 Å². The minimum atomic E-state index is -0.181. The molecule has 0 saturated carbocycles. The Morgan fingerprint density at radius 1 is 1.65 bits per heavy atom. The largest absolute Gasteiger partial charge is 0.353 e. The molecule has 17 heavy (non-hydrogen) atoms. The molecule has 1 aliphatic rings. The molecule has 1 aliphatic heterocycles. The molecule has 3 N–H and O–H groups in total. The lowest BCUT2D eigenvalue weighted by molar-refractivity contribution is -0.122. The summed E-state index contributed by atoms with van der Waals surface area (Å²) >= 11 is 0. The third-order valence-electron chi connectivity index (χ3n) is 3.09. The monoisotopic (exact) mass is 234 g/mol. The highest BCUT2D eigenvalue weighted by Crippen LogP contribution is 2.19. The van der Waals surface area contributed by atoms with Gasteiger partial charge in [0.2, 0.25) is 5.91 Å². The number of carbonyl (C=O) groups excluding carboxylic acids is 1. The molecule has 0 radical (unpaired) electrons. The number of amides is 1. The molecule has 2 atom stereocenters. The number of nitrogens with one attached hydrogen (secondary N) is 1. The maximum absolute atomic E-state index is 11.6. The van der Waals surface area contributed by atoms with Crippen molar-refractivity contribution in [2.45, 2.75) is 25.9 Å². The van der Waals surface area contributed by atoms with Crippen LogP contribution in [0.2, 0.25) is 0 Å². The molecule has 1 unspecified atom stereocenters. The van der Waals surface area contributed by atoms with Crippen LogP contribution in [0.5, 0.6) is 0 Å². The van der Waals surface area contributed by atoms with Crippen molar-refractivity contribution in [3.8, 4) is 0 Å². The standard InChI is InChI=1S/C12H18N4O/c1-8(13)10-3-4-14-11(7-10)16-6-5-15-12(17)9(16)2/h3-4,7-9H,5-6,13H2,1-2H3,(H,15,17)/t8-,9?/m0/s1. The fraction of sp³-hybridized carbons (Fsp3) is 0.500. The van der Waals surface area contributed by atoms with E-state index >= 15 is 0 Å². The molecule has 1 fully saturated rings. The van der Waals surface area contributed by atoms with E-state index in [1.165, 1.54) is 0 Å². The normalized spacial score (nSPS) is 22.2. The Morgan fingerprint density at radius 3 is 3.12 bits per heavy atom. The van der Waals surface area contributed by atoms with E-state index in [-0.39, 0.29) is 18.0 Å². The van der Waals surface area contributed by atoms with Gasteiger partial charge in [0.05, 0.1) is 0 Å². The molecule has 0 aliphatic carbocycles. The van der Waals surface area contributed by atoms with Gasteiger partial charge in [0.1, 0.15) is 11.9 Å². The summed E-state index contributed by atoms with van der Waals surface area (Å²) in [6.45, 7) is 5.26. The highest BCUT2D eigenvalue weighted by atomic mass is 16.2. The van der Waals surface area contributed by atoms with Crippen LogP contribution < -0.4 is 16.0 Å². The van der Waals surface area contributed by atoms with Crippen molar-refractivity contribution >= 4 is 11.7 Å². The summed E-state index contributed by atoms with van der Waals surface area (Å²) in [4.78, 5) is 17.9. The van der Waals surface area contributed by atoms with Crippen LogP contribution in [0.1, 0.15) is 25.5 Å². The zero-order valence-corrected chi connectivity index (χ0v) is 10.2. The number of rotatable bonds is 2. The van der Waals surface area contributed by atoms with Crippen LogP contribution in [-0.4, -0.2) is 30.0 Å². The first kappa shape index (κ1) is 11.9. The number of aromatic nitrogens is 1. The van der Waals surface area contributed by atoms with Crippen molar-refractivity contribution in [1.29, 1.82) is 0 Å². The summed E-state index contributed by atoms with van der Waals surface area (Å²) in [5.41, 5.74) is 6.88. The molecule has 1 amide bonds. The van der Waals surface area contributed by atoms with E-state index in [1.807, 2.05) is 30.9 Å². The van der Waals surface area contributed by atoms with Gasteiger partial charge in [-0.3, -0.25) is 4.79 Å². The van der Waals surface area contributed by atoms with Gasteiger partial charge in [-0.05, 0) is 31.5 Å². The average Bonchev–Trinajstić information content (AvgIpc) is 2.33. The van der Waals surface area contributed by atoms with Crippen molar-refractivity contribution in [1.82, 2.24) is 10.3 Å². The first-order chi connectivity index (χ1) is 8.09. The zero-order chi connectivity index (χ0) is 12.4. The Balaban J connectivity index is 2.26. The first-order valence-corrected chi connectivity index (χ1v) is 5.85. The molecule has 0 bridgehead atoms. The van der Waals surface area contributed by atoms with Gasteiger partial charge in [0, 0.05) is 25.3 Å². The zero-order valence-electron chi connectivity index (χ0n) is 10.2. The van der Waals surface area contributed by atoms with Crippen molar-refractivity contribution in [2.75, 3.05) is 18.0 Å². The molecule has 2 rings (SSSR count). The molecule has 1 aromatic heterocycles. The molecular weight excluding hydrogens is 216 g/mol. The number of piperazine rings is 1. The highest BCUT2D eigenvalue weighted by molar-refractivity contribution is 5.85. The van der Waals surface area contributed by atoms with Gasteiger partial charge in [-0.1, -0.05) is 0 Å². The molecule has 1 aromatic rings. The second-order valence-corrected chi connectivity index (χ2v) is 4.40. The fourth-order valence-corrected chi connectivity index (χ4v) is 1.97. The summed E-state index contributed by atoms with van der Waals surface area (Å²) < 4.78 is 0. The Hall–Kier alpha value is -1.62. The lowest BCUT2D eigenvalue weighted by Crippen LogP contribution is -2.54. The predicted octanol–water partition coefficient (Wildman–Crippen LogP) is 0.426. The summed E-state index contributed by atoms with van der Waals surface area (Å²) in [6, 6.07) is 3.66. The van der Waals surface area contributed by atoms with Crippen LogP contribution in [0.3, 0.4) is 0 Å². The lowest BCUT2D eigenvalue weighted by atomic mass is 10.1. The number of nitrogens with zero attached hydrogens (tertiary/aromatic N) is 2. The van der Waals surface area contributed by atoms with Crippen LogP contribution in [-0.2, 0) is 4.79 Å². The van der Waals surface area contributed by atoms with Gasteiger partial charge in [-0.2, -0.15) is 0 Å². The van der Waals surface area contributed by atoms with Crippen LogP contribution in [0.25, 0.3) is 0 Å². The maximum atomic E-state index is 11.6. The SMILES string of the molecule is CC1C(=O)NCCN1c1cc([C@H](C)N)ccn1. The molecule has 1 saturated heterocycles. The predicted molar refractivity (Wildman–Crippen MR) is 66.7 cm³/mol. The van der Waals surface area contributed by atoms with E-state index in [2.05, 4.69) is 10.3 Å². The third-order valence-corrected chi connectivity index (χ3v) is 3.09. The second kappa shape index (κ2) is 4.71. The van der Waals surface area contributed by atoms with Crippen molar-refractivity contribution < 1.29 is 4.79 Å². The van der Waals surface area contributed by atoms with E-state index in [0.29, 0.717) is 6.54 Å². The smallest absolute Gasteiger partial charge is 0.242 e. The Kier molecular flexibility index (Phi) is 3.28. The molecule has 0 spiro atoms. The number of hydrogen-bond acceptors (Lipinski definition) is 4. The summed E-state index contributed by atoms with van der Waals surface area (Å²) in [7, 11) is 0. The average molecular weight is 234 g/mol. The summed E-state index contributed by atoms with van der Waals surface area (Å²) in [5, 5.41) is 2.84. The van der Waals surface area contributed by atoms with Gasteiger partial charge >= 0.3 is 0 Å². The van der Waals surface area contributed by atoms with E-state index in [9.17, 15) is 4.79 Å².